The Labute approximate surface area is 153 Å². The lowest BCUT2D eigenvalue weighted by molar-refractivity contribution is -0.187. The van der Waals surface area contributed by atoms with Gasteiger partial charge in [0.15, 0.2) is 0 Å². The smallest absolute Gasteiger partial charge is 0.324 e. The van der Waals surface area contributed by atoms with E-state index in [-0.39, 0.29) is 11.9 Å². The van der Waals surface area contributed by atoms with Crippen molar-refractivity contribution in [3.8, 4) is 0 Å². The van der Waals surface area contributed by atoms with Gasteiger partial charge in [-0.2, -0.15) is 0 Å². The largest absolute Gasteiger partial charge is 0.448 e. The summed E-state index contributed by atoms with van der Waals surface area (Å²) in [5.41, 5.74) is 0. The highest BCUT2D eigenvalue weighted by atomic mass is 35.5. The molecule has 0 aromatic rings. The van der Waals surface area contributed by atoms with Crippen molar-refractivity contribution in [1.29, 1.82) is 0 Å². The van der Waals surface area contributed by atoms with E-state index in [0.717, 1.165) is 38.9 Å². The maximum Gasteiger partial charge on any atom is 0.324 e. The van der Waals surface area contributed by atoms with Crippen LogP contribution in [0.2, 0.25) is 0 Å². The Kier molecular flexibility index (Phi) is 4.71. The maximum atomic E-state index is 13.0. The molecule has 4 heterocycles. The van der Waals surface area contributed by atoms with E-state index >= 15 is 0 Å². The second-order valence-electron chi connectivity index (χ2n) is 8.07. The first-order valence-corrected chi connectivity index (χ1v) is 9.98. The van der Waals surface area contributed by atoms with Gasteiger partial charge in [0.1, 0.15) is 11.5 Å². The van der Waals surface area contributed by atoms with Crippen LogP contribution in [0.4, 0.5) is 0 Å². The monoisotopic (exact) mass is 370 g/mol. The molecule has 4 fully saturated rings. The van der Waals surface area contributed by atoms with Crippen LogP contribution in [0, 0.1) is 11.8 Å². The number of hydrogen-bond donors (Lipinski definition) is 1. The fraction of sp³-hybridized carbons (Fsp3) is 0.889. The van der Waals surface area contributed by atoms with Crippen LogP contribution in [-0.4, -0.2) is 76.1 Å². The first kappa shape index (κ1) is 17.6. The highest BCUT2D eigenvalue weighted by molar-refractivity contribution is 6.29. The van der Waals surface area contributed by atoms with E-state index in [2.05, 4.69) is 4.90 Å². The lowest BCUT2D eigenvalue weighted by Gasteiger charge is -2.59. The quantitative estimate of drug-likeness (QED) is 0.580. The zero-order valence-corrected chi connectivity index (χ0v) is 15.4. The summed E-state index contributed by atoms with van der Waals surface area (Å²) in [7, 11) is 0. The highest BCUT2D eigenvalue weighted by Gasteiger charge is 2.54. The lowest BCUT2D eigenvalue weighted by Crippen LogP contribution is -2.70. The van der Waals surface area contributed by atoms with Gasteiger partial charge in [-0.1, -0.05) is 0 Å². The van der Waals surface area contributed by atoms with Gasteiger partial charge in [-0.3, -0.25) is 14.5 Å². The fourth-order valence-corrected chi connectivity index (χ4v) is 5.65. The summed E-state index contributed by atoms with van der Waals surface area (Å²) >= 11 is 5.75. The van der Waals surface area contributed by atoms with Gasteiger partial charge in [0.05, 0.1) is 0 Å². The van der Waals surface area contributed by atoms with Crippen LogP contribution in [0.1, 0.15) is 39.0 Å². The molecule has 0 radical (unpaired) electrons. The third kappa shape index (κ3) is 2.96. The number of aliphatic hydroxyl groups is 1. The topological polar surface area (TPSA) is 70.1 Å². The zero-order valence-electron chi connectivity index (χ0n) is 14.6. The molecule has 4 aliphatic heterocycles. The standard InChI is InChI=1S/C18H27ClN2O4/c1-10(19)18(24)25-16-14(22)8-13-12-5-3-7-20-6-2-4-11(15(12)20)9-21(13)17(16)23/h10-16,22H,2-9H2,1H3. The van der Waals surface area contributed by atoms with E-state index < -0.39 is 23.6 Å². The molecular formula is C18H27ClN2O4. The molecule has 0 saturated carbocycles. The molecule has 7 unspecified atom stereocenters. The van der Waals surface area contributed by atoms with E-state index in [9.17, 15) is 14.7 Å². The molecule has 1 N–H and O–H groups in total. The average molecular weight is 371 g/mol. The molecule has 0 aliphatic carbocycles. The van der Waals surface area contributed by atoms with Gasteiger partial charge < -0.3 is 14.7 Å². The number of nitrogens with zero attached hydrogens (tertiary/aromatic N) is 2. The van der Waals surface area contributed by atoms with Crippen LogP contribution in [0.3, 0.4) is 0 Å². The molecule has 4 aliphatic rings. The average Bonchev–Trinajstić information content (AvgIpc) is 2.60. The summed E-state index contributed by atoms with van der Waals surface area (Å²) in [6.45, 7) is 4.55. The number of halogens is 1. The van der Waals surface area contributed by atoms with Gasteiger partial charge in [0, 0.05) is 18.6 Å². The predicted octanol–water partition coefficient (Wildman–Crippen LogP) is 0.991. The van der Waals surface area contributed by atoms with Gasteiger partial charge in [-0.15, -0.1) is 11.6 Å². The number of esters is 1. The maximum absolute atomic E-state index is 13.0. The second-order valence-corrected chi connectivity index (χ2v) is 8.72. The number of carbonyl (C=O) groups is 2. The van der Waals surface area contributed by atoms with Crippen LogP contribution < -0.4 is 0 Å². The molecule has 4 rings (SSSR count). The summed E-state index contributed by atoms with van der Waals surface area (Å²) in [5.74, 6) is 0.0391. The summed E-state index contributed by atoms with van der Waals surface area (Å²) in [5, 5.41) is 9.70. The SMILES string of the molecule is CC(Cl)C(=O)OC1C(=O)N2CC3CCCN4CCCC(C34)C2CC1O. The Hall–Kier alpha value is -0.850. The van der Waals surface area contributed by atoms with Crippen molar-refractivity contribution < 1.29 is 19.4 Å². The summed E-state index contributed by atoms with van der Waals surface area (Å²) in [6.07, 6.45) is 3.05. The Morgan fingerprint density at radius 1 is 1.32 bits per heavy atom. The highest BCUT2D eigenvalue weighted by Crippen LogP contribution is 2.45. The molecule has 25 heavy (non-hydrogen) atoms. The molecule has 140 valence electrons. The number of carbonyl (C=O) groups excluding carboxylic acids is 2. The zero-order chi connectivity index (χ0) is 17.7. The van der Waals surface area contributed by atoms with Crippen LogP contribution in [0.25, 0.3) is 0 Å². The summed E-state index contributed by atoms with van der Waals surface area (Å²) in [6, 6.07) is 0.610. The van der Waals surface area contributed by atoms with Crippen LogP contribution in [0.5, 0.6) is 0 Å². The minimum absolute atomic E-state index is 0.0630. The van der Waals surface area contributed by atoms with Crippen molar-refractivity contribution in [2.75, 3.05) is 19.6 Å². The normalized spacial score (nSPS) is 42.4. The Morgan fingerprint density at radius 3 is 2.76 bits per heavy atom. The first-order valence-electron chi connectivity index (χ1n) is 9.54. The molecule has 4 saturated heterocycles. The van der Waals surface area contributed by atoms with Crippen molar-refractivity contribution in [2.24, 2.45) is 11.8 Å². The molecule has 0 aromatic heterocycles. The number of alkyl halides is 1. The van der Waals surface area contributed by atoms with Crippen molar-refractivity contribution in [1.82, 2.24) is 9.80 Å². The Balaban J connectivity index is 1.56. The Bertz CT molecular complexity index is 555. The van der Waals surface area contributed by atoms with E-state index in [1.54, 1.807) is 0 Å². The Morgan fingerprint density at radius 2 is 2.04 bits per heavy atom. The molecule has 1 amide bonds. The molecule has 6 nitrogen and oxygen atoms in total. The van der Waals surface area contributed by atoms with Gasteiger partial charge in [0.2, 0.25) is 6.10 Å². The van der Waals surface area contributed by atoms with Crippen LogP contribution in [0.15, 0.2) is 0 Å². The van der Waals surface area contributed by atoms with Gasteiger partial charge in [-0.05, 0) is 64.0 Å². The summed E-state index contributed by atoms with van der Waals surface area (Å²) in [4.78, 5) is 29.3. The fourth-order valence-electron chi connectivity index (χ4n) is 5.60. The third-order valence-electron chi connectivity index (χ3n) is 6.60. The van der Waals surface area contributed by atoms with E-state index in [1.807, 2.05) is 4.90 Å². The number of ether oxygens (including phenoxy) is 1. The minimum atomic E-state index is -1.11. The number of hydrogen-bond acceptors (Lipinski definition) is 5. The van der Waals surface area contributed by atoms with Gasteiger partial charge in [0.25, 0.3) is 5.91 Å². The van der Waals surface area contributed by atoms with E-state index in [4.69, 9.17) is 16.3 Å². The molecule has 7 heteroatoms. The van der Waals surface area contributed by atoms with Gasteiger partial charge in [-0.25, -0.2) is 0 Å². The van der Waals surface area contributed by atoms with Crippen molar-refractivity contribution in [3.05, 3.63) is 0 Å². The van der Waals surface area contributed by atoms with Crippen molar-refractivity contribution >= 4 is 23.5 Å². The number of aliphatic hydroxyl groups excluding tert-OH is 1. The van der Waals surface area contributed by atoms with Crippen molar-refractivity contribution in [3.63, 3.8) is 0 Å². The molecule has 0 bridgehead atoms. The predicted molar refractivity (Wildman–Crippen MR) is 92.1 cm³/mol. The minimum Gasteiger partial charge on any atom is -0.448 e. The van der Waals surface area contributed by atoms with Crippen LogP contribution >= 0.6 is 11.6 Å². The molecular weight excluding hydrogens is 344 g/mol. The van der Waals surface area contributed by atoms with E-state index in [1.165, 1.54) is 13.3 Å². The molecule has 0 spiro atoms. The molecule has 0 aromatic carbocycles. The van der Waals surface area contributed by atoms with Crippen molar-refractivity contribution in [2.45, 2.75) is 68.7 Å². The number of amides is 1. The number of piperidine rings is 4. The molecule has 7 atom stereocenters. The first-order chi connectivity index (χ1) is 12.0. The van der Waals surface area contributed by atoms with Gasteiger partial charge >= 0.3 is 5.97 Å². The summed E-state index contributed by atoms with van der Waals surface area (Å²) < 4.78 is 5.24. The van der Waals surface area contributed by atoms with Crippen LogP contribution in [-0.2, 0) is 14.3 Å². The number of fused-ring (bicyclic) bond motifs is 2. The lowest BCUT2D eigenvalue weighted by atomic mass is 9.67. The number of rotatable bonds is 2. The third-order valence-corrected chi connectivity index (χ3v) is 6.78. The second kappa shape index (κ2) is 6.71. The van der Waals surface area contributed by atoms with E-state index in [0.29, 0.717) is 24.3 Å².